The molecule has 4 heteroatoms. The van der Waals surface area contributed by atoms with E-state index in [9.17, 15) is 4.79 Å². The predicted molar refractivity (Wildman–Crippen MR) is 63.2 cm³/mol. The number of hydrogen-bond donors (Lipinski definition) is 0. The fraction of sp³-hybridized carbons (Fsp3) is 0.300. The number of carbonyl (C=O) groups is 1. The standard InChI is InChI=1S/C10H12ClNOS/c1-7-5-4-6-8(2)9(7)12(3)10(13)14-11/h4-6H,1-3H3. The van der Waals surface area contributed by atoms with Gasteiger partial charge in [0.2, 0.25) is 0 Å². The summed E-state index contributed by atoms with van der Waals surface area (Å²) in [5, 5.41) is -0.163. The van der Waals surface area contributed by atoms with Gasteiger partial charge in [-0.1, -0.05) is 18.2 Å². The van der Waals surface area contributed by atoms with Gasteiger partial charge in [-0.05, 0) is 35.7 Å². The summed E-state index contributed by atoms with van der Waals surface area (Å²) < 4.78 is 0. The molecule has 1 aromatic carbocycles. The summed E-state index contributed by atoms with van der Waals surface area (Å²) in [5.41, 5.74) is 3.09. The highest BCUT2D eigenvalue weighted by atomic mass is 35.7. The summed E-state index contributed by atoms with van der Waals surface area (Å²) in [4.78, 5) is 12.9. The van der Waals surface area contributed by atoms with Crippen LogP contribution in [0.25, 0.3) is 0 Å². The Balaban J connectivity index is 3.11. The Morgan fingerprint density at radius 1 is 1.36 bits per heavy atom. The van der Waals surface area contributed by atoms with Crippen LogP contribution in [0.4, 0.5) is 10.5 Å². The molecule has 0 radical (unpaired) electrons. The fourth-order valence-corrected chi connectivity index (χ4v) is 1.98. The van der Waals surface area contributed by atoms with Crippen LogP contribution in [0.1, 0.15) is 11.1 Å². The van der Waals surface area contributed by atoms with Crippen molar-refractivity contribution in [3.8, 4) is 0 Å². The molecule has 0 unspecified atom stereocenters. The van der Waals surface area contributed by atoms with Crippen molar-refractivity contribution in [3.05, 3.63) is 29.3 Å². The topological polar surface area (TPSA) is 20.3 Å². The summed E-state index contributed by atoms with van der Waals surface area (Å²) in [6, 6.07) is 5.93. The molecule has 0 saturated heterocycles. The number of para-hydroxylation sites is 1. The van der Waals surface area contributed by atoms with Crippen molar-refractivity contribution >= 4 is 32.6 Å². The van der Waals surface area contributed by atoms with E-state index in [4.69, 9.17) is 10.7 Å². The van der Waals surface area contributed by atoms with Crippen molar-refractivity contribution < 1.29 is 4.79 Å². The third-order valence-electron chi connectivity index (χ3n) is 2.11. The molecule has 0 atom stereocenters. The van der Waals surface area contributed by atoms with Gasteiger partial charge < -0.3 is 4.90 Å². The molecule has 1 aromatic rings. The lowest BCUT2D eigenvalue weighted by Gasteiger charge is -2.19. The van der Waals surface area contributed by atoms with Crippen molar-refractivity contribution in [2.75, 3.05) is 11.9 Å². The molecule has 0 spiro atoms. The molecular formula is C10H12ClNOS. The summed E-state index contributed by atoms with van der Waals surface area (Å²) >= 11 is 0. The molecule has 0 heterocycles. The van der Waals surface area contributed by atoms with Gasteiger partial charge in [-0.15, -0.1) is 0 Å². The number of amides is 1. The lowest BCUT2D eigenvalue weighted by molar-refractivity contribution is 0.266. The number of anilines is 1. The number of rotatable bonds is 1. The van der Waals surface area contributed by atoms with Crippen molar-refractivity contribution in [1.29, 1.82) is 0 Å². The minimum Gasteiger partial charge on any atom is -0.305 e. The lowest BCUT2D eigenvalue weighted by atomic mass is 10.1. The van der Waals surface area contributed by atoms with E-state index < -0.39 is 0 Å². The molecule has 0 aliphatic heterocycles. The Hall–Kier alpha value is -0.670. The first-order valence-electron chi connectivity index (χ1n) is 4.20. The van der Waals surface area contributed by atoms with Crippen molar-refractivity contribution in [1.82, 2.24) is 0 Å². The van der Waals surface area contributed by atoms with Gasteiger partial charge in [-0.25, -0.2) is 0 Å². The van der Waals surface area contributed by atoms with Gasteiger partial charge in [0.05, 0.1) is 0 Å². The zero-order valence-electron chi connectivity index (χ0n) is 8.37. The quantitative estimate of drug-likeness (QED) is 0.731. The fourth-order valence-electron chi connectivity index (χ4n) is 1.48. The van der Waals surface area contributed by atoms with Gasteiger partial charge >= 0.3 is 5.24 Å². The molecule has 0 fully saturated rings. The summed E-state index contributed by atoms with van der Waals surface area (Å²) in [6.45, 7) is 3.95. The predicted octanol–water partition coefficient (Wildman–Crippen LogP) is 3.75. The van der Waals surface area contributed by atoms with Crippen LogP contribution in [0.5, 0.6) is 0 Å². The first kappa shape index (κ1) is 11.4. The Morgan fingerprint density at radius 3 is 2.29 bits per heavy atom. The summed E-state index contributed by atoms with van der Waals surface area (Å²) in [7, 11) is 7.86. The summed E-state index contributed by atoms with van der Waals surface area (Å²) in [5.74, 6) is 0. The molecule has 0 aliphatic carbocycles. The van der Waals surface area contributed by atoms with Crippen LogP contribution in [-0.4, -0.2) is 12.3 Å². The van der Waals surface area contributed by atoms with Crippen LogP contribution in [-0.2, 0) is 0 Å². The normalized spacial score (nSPS) is 10.0. The first-order valence-corrected chi connectivity index (χ1v) is 5.84. The molecule has 0 N–H and O–H groups in total. The second kappa shape index (κ2) is 4.71. The lowest BCUT2D eigenvalue weighted by Crippen LogP contribution is -2.22. The van der Waals surface area contributed by atoms with E-state index in [1.165, 1.54) is 0 Å². The van der Waals surface area contributed by atoms with Gasteiger partial charge in [0.1, 0.15) is 0 Å². The molecule has 76 valence electrons. The van der Waals surface area contributed by atoms with Crippen LogP contribution in [0, 0.1) is 13.8 Å². The second-order valence-electron chi connectivity index (χ2n) is 3.14. The zero-order valence-corrected chi connectivity index (χ0v) is 9.95. The molecule has 14 heavy (non-hydrogen) atoms. The van der Waals surface area contributed by atoms with E-state index in [1.807, 2.05) is 32.0 Å². The maximum Gasteiger partial charge on any atom is 0.301 e. The van der Waals surface area contributed by atoms with Gasteiger partial charge in [0, 0.05) is 23.7 Å². The monoisotopic (exact) mass is 229 g/mol. The Morgan fingerprint density at radius 2 is 1.86 bits per heavy atom. The van der Waals surface area contributed by atoms with Crippen LogP contribution in [0.2, 0.25) is 0 Å². The van der Waals surface area contributed by atoms with Crippen molar-refractivity contribution in [2.24, 2.45) is 0 Å². The molecule has 1 rings (SSSR count). The Labute approximate surface area is 92.7 Å². The van der Waals surface area contributed by atoms with Crippen LogP contribution in [0.15, 0.2) is 18.2 Å². The molecule has 0 saturated carbocycles. The maximum absolute atomic E-state index is 11.4. The van der Waals surface area contributed by atoms with Gasteiger partial charge in [0.15, 0.2) is 0 Å². The number of nitrogens with zero attached hydrogens (tertiary/aromatic N) is 1. The average molecular weight is 230 g/mol. The number of benzene rings is 1. The zero-order chi connectivity index (χ0) is 10.7. The second-order valence-corrected chi connectivity index (χ2v) is 4.11. The average Bonchev–Trinajstić information content (AvgIpc) is 2.16. The largest absolute Gasteiger partial charge is 0.305 e. The first-order chi connectivity index (χ1) is 6.57. The van der Waals surface area contributed by atoms with Crippen LogP contribution in [0.3, 0.4) is 0 Å². The smallest absolute Gasteiger partial charge is 0.301 e. The summed E-state index contributed by atoms with van der Waals surface area (Å²) in [6.07, 6.45) is 0. The van der Waals surface area contributed by atoms with Crippen molar-refractivity contribution in [3.63, 3.8) is 0 Å². The van der Waals surface area contributed by atoms with E-state index in [-0.39, 0.29) is 5.24 Å². The van der Waals surface area contributed by atoms with Gasteiger partial charge in [-0.2, -0.15) is 0 Å². The molecule has 0 aromatic heterocycles. The Kier molecular flexibility index (Phi) is 3.84. The van der Waals surface area contributed by atoms with Gasteiger partial charge in [-0.3, -0.25) is 4.79 Å². The SMILES string of the molecule is Cc1cccc(C)c1N(C)C(=O)SCl. The minimum absolute atomic E-state index is 0.163. The van der Waals surface area contributed by atoms with E-state index in [0.717, 1.165) is 16.8 Å². The highest BCUT2D eigenvalue weighted by Gasteiger charge is 2.14. The van der Waals surface area contributed by atoms with Crippen LogP contribution >= 0.6 is 21.7 Å². The van der Waals surface area contributed by atoms with Crippen molar-refractivity contribution in [2.45, 2.75) is 13.8 Å². The maximum atomic E-state index is 11.4. The number of hydrogen-bond acceptors (Lipinski definition) is 2. The molecule has 1 amide bonds. The highest BCUT2D eigenvalue weighted by Crippen LogP contribution is 2.26. The molecule has 0 aliphatic rings. The van der Waals surface area contributed by atoms with E-state index in [0.29, 0.717) is 11.0 Å². The number of halogens is 1. The minimum atomic E-state index is -0.163. The third kappa shape index (κ3) is 2.22. The molecule has 0 bridgehead atoms. The highest BCUT2D eigenvalue weighted by molar-refractivity contribution is 8.32. The molecular weight excluding hydrogens is 218 g/mol. The van der Waals surface area contributed by atoms with E-state index in [2.05, 4.69) is 0 Å². The Bertz CT molecular complexity index is 334. The van der Waals surface area contributed by atoms with E-state index in [1.54, 1.807) is 11.9 Å². The van der Waals surface area contributed by atoms with E-state index >= 15 is 0 Å². The number of aryl methyl sites for hydroxylation is 2. The van der Waals surface area contributed by atoms with Crippen LogP contribution < -0.4 is 4.90 Å². The van der Waals surface area contributed by atoms with Gasteiger partial charge in [0.25, 0.3) is 0 Å². The number of carbonyl (C=O) groups excluding carboxylic acids is 1. The third-order valence-corrected chi connectivity index (χ3v) is 2.92. The molecule has 2 nitrogen and oxygen atoms in total.